The molecule has 0 aromatic rings. The third-order valence-electron chi connectivity index (χ3n) is 1.50. The average molecular weight is 127 g/mol. The number of carboxylic acids is 1. The molecule has 1 rings (SSSR count). The fourth-order valence-corrected chi connectivity index (χ4v) is 0.933. The maximum absolute atomic E-state index is 10.3. The summed E-state index contributed by atoms with van der Waals surface area (Å²) in [7, 11) is 0. The maximum atomic E-state index is 10.3. The second-order valence-corrected chi connectivity index (χ2v) is 2.25. The van der Waals surface area contributed by atoms with Crippen molar-refractivity contribution in [2.75, 3.05) is 0 Å². The third kappa shape index (κ3) is 1.22. The summed E-state index contributed by atoms with van der Waals surface area (Å²) in [6.45, 7) is 0. The molecule has 0 bridgehead atoms. The lowest BCUT2D eigenvalue weighted by Gasteiger charge is -1.99. The number of aliphatic carboxylic acids is 1. The van der Waals surface area contributed by atoms with Gasteiger partial charge in [0.15, 0.2) is 0 Å². The molecule has 3 N–H and O–H groups in total. The summed E-state index contributed by atoms with van der Waals surface area (Å²) in [5.74, 6) is -1.00. The van der Waals surface area contributed by atoms with Crippen molar-refractivity contribution in [1.82, 2.24) is 0 Å². The van der Waals surface area contributed by atoms with Crippen molar-refractivity contribution in [3.63, 3.8) is 0 Å². The summed E-state index contributed by atoms with van der Waals surface area (Å²) in [5, 5.41) is 8.44. The normalized spacial score (nSPS) is 25.8. The second kappa shape index (κ2) is 2.09. The molecule has 1 atom stereocenters. The van der Waals surface area contributed by atoms with Crippen molar-refractivity contribution in [2.45, 2.75) is 12.8 Å². The topological polar surface area (TPSA) is 63.3 Å². The van der Waals surface area contributed by atoms with E-state index < -0.39 is 5.97 Å². The van der Waals surface area contributed by atoms with Crippen molar-refractivity contribution in [2.24, 2.45) is 11.7 Å². The molecule has 0 fully saturated rings. The first-order valence-corrected chi connectivity index (χ1v) is 2.87. The van der Waals surface area contributed by atoms with Gasteiger partial charge in [0.2, 0.25) is 0 Å². The van der Waals surface area contributed by atoms with Crippen LogP contribution in [0.15, 0.2) is 11.8 Å². The van der Waals surface area contributed by atoms with Crippen LogP contribution in [0.4, 0.5) is 0 Å². The van der Waals surface area contributed by atoms with Crippen molar-refractivity contribution < 1.29 is 9.90 Å². The lowest BCUT2D eigenvalue weighted by molar-refractivity contribution is -0.141. The van der Waals surface area contributed by atoms with E-state index in [2.05, 4.69) is 0 Å². The first-order valence-electron chi connectivity index (χ1n) is 2.87. The van der Waals surface area contributed by atoms with Gasteiger partial charge in [0, 0.05) is 12.1 Å². The Bertz CT molecular complexity index is 162. The molecule has 3 nitrogen and oxygen atoms in total. The quantitative estimate of drug-likeness (QED) is 0.533. The Morgan fingerprint density at radius 1 is 1.89 bits per heavy atom. The second-order valence-electron chi connectivity index (χ2n) is 2.25. The monoisotopic (exact) mass is 127 g/mol. The summed E-state index contributed by atoms with van der Waals surface area (Å²) >= 11 is 0. The van der Waals surface area contributed by atoms with E-state index in [4.69, 9.17) is 10.8 Å². The minimum Gasteiger partial charge on any atom is -0.481 e. The van der Waals surface area contributed by atoms with Gasteiger partial charge in [-0.1, -0.05) is 6.08 Å². The van der Waals surface area contributed by atoms with Crippen molar-refractivity contribution in [3.8, 4) is 0 Å². The van der Waals surface area contributed by atoms with Crippen LogP contribution < -0.4 is 5.73 Å². The predicted molar refractivity (Wildman–Crippen MR) is 32.6 cm³/mol. The molecular formula is C6H9NO2. The van der Waals surface area contributed by atoms with Gasteiger partial charge in [0.25, 0.3) is 0 Å². The van der Waals surface area contributed by atoms with Crippen LogP contribution in [-0.2, 0) is 4.79 Å². The standard InChI is InChI=1S/C6H9NO2/c7-5-2-1-4(3-5)6(8)9/h2,4H,1,3,7H2,(H,8,9)/t4-/m0/s1. The lowest BCUT2D eigenvalue weighted by atomic mass is 10.1. The zero-order valence-electron chi connectivity index (χ0n) is 5.00. The number of allylic oxidation sites excluding steroid dienone is 2. The van der Waals surface area contributed by atoms with E-state index in [0.717, 1.165) is 0 Å². The van der Waals surface area contributed by atoms with E-state index in [0.29, 0.717) is 18.5 Å². The summed E-state index contributed by atoms with van der Waals surface area (Å²) in [6.07, 6.45) is 2.90. The number of hydrogen-bond donors (Lipinski definition) is 2. The first kappa shape index (κ1) is 6.13. The van der Waals surface area contributed by atoms with Gasteiger partial charge in [-0.05, 0) is 6.42 Å². The molecule has 0 unspecified atom stereocenters. The average Bonchev–Trinajstić information content (AvgIpc) is 2.14. The highest BCUT2D eigenvalue weighted by Crippen LogP contribution is 2.20. The molecule has 9 heavy (non-hydrogen) atoms. The Morgan fingerprint density at radius 2 is 2.56 bits per heavy atom. The number of rotatable bonds is 1. The van der Waals surface area contributed by atoms with Crippen LogP contribution in [-0.4, -0.2) is 11.1 Å². The van der Waals surface area contributed by atoms with Crippen LogP contribution >= 0.6 is 0 Å². The van der Waals surface area contributed by atoms with E-state index in [-0.39, 0.29) is 5.92 Å². The minimum atomic E-state index is -0.744. The van der Waals surface area contributed by atoms with Gasteiger partial charge in [-0.25, -0.2) is 0 Å². The van der Waals surface area contributed by atoms with E-state index in [1.165, 1.54) is 0 Å². The van der Waals surface area contributed by atoms with E-state index in [9.17, 15) is 4.79 Å². The molecule has 0 saturated carbocycles. The van der Waals surface area contributed by atoms with Crippen LogP contribution in [0, 0.1) is 5.92 Å². The molecule has 0 aromatic carbocycles. The van der Waals surface area contributed by atoms with E-state index in [1.54, 1.807) is 6.08 Å². The number of carboxylic acid groups (broad SMARTS) is 1. The molecule has 1 aliphatic carbocycles. The van der Waals surface area contributed by atoms with Crippen LogP contribution in [0.2, 0.25) is 0 Å². The first-order chi connectivity index (χ1) is 4.20. The molecule has 0 aromatic heterocycles. The van der Waals surface area contributed by atoms with Gasteiger partial charge in [-0.15, -0.1) is 0 Å². The zero-order valence-corrected chi connectivity index (χ0v) is 5.00. The Balaban J connectivity index is 2.47. The van der Waals surface area contributed by atoms with Gasteiger partial charge in [0.1, 0.15) is 0 Å². The van der Waals surface area contributed by atoms with Gasteiger partial charge >= 0.3 is 5.97 Å². The number of carbonyl (C=O) groups is 1. The molecule has 0 spiro atoms. The van der Waals surface area contributed by atoms with Gasteiger partial charge in [0.05, 0.1) is 5.92 Å². The highest BCUT2D eigenvalue weighted by atomic mass is 16.4. The fourth-order valence-electron chi connectivity index (χ4n) is 0.933. The van der Waals surface area contributed by atoms with Gasteiger partial charge in [-0.2, -0.15) is 0 Å². The Kier molecular flexibility index (Phi) is 1.42. The zero-order chi connectivity index (χ0) is 6.85. The number of hydrogen-bond acceptors (Lipinski definition) is 2. The molecule has 0 radical (unpaired) electrons. The van der Waals surface area contributed by atoms with Crippen molar-refractivity contribution in [1.29, 1.82) is 0 Å². The molecule has 50 valence electrons. The molecule has 1 aliphatic rings. The summed E-state index contributed by atoms with van der Waals surface area (Å²) in [6, 6.07) is 0. The summed E-state index contributed by atoms with van der Waals surface area (Å²) in [5.41, 5.74) is 6.07. The summed E-state index contributed by atoms with van der Waals surface area (Å²) < 4.78 is 0. The molecular weight excluding hydrogens is 118 g/mol. The highest BCUT2D eigenvalue weighted by Gasteiger charge is 2.21. The highest BCUT2D eigenvalue weighted by molar-refractivity contribution is 5.71. The molecule has 0 aliphatic heterocycles. The van der Waals surface area contributed by atoms with Crippen molar-refractivity contribution >= 4 is 5.97 Å². The summed E-state index contributed by atoms with van der Waals surface area (Å²) in [4.78, 5) is 10.3. The maximum Gasteiger partial charge on any atom is 0.307 e. The molecule has 3 heteroatoms. The fraction of sp³-hybridized carbons (Fsp3) is 0.500. The Hall–Kier alpha value is -0.990. The Morgan fingerprint density at radius 3 is 2.78 bits per heavy atom. The molecule has 0 amide bonds. The third-order valence-corrected chi connectivity index (χ3v) is 1.50. The number of nitrogens with two attached hydrogens (primary N) is 1. The van der Waals surface area contributed by atoms with Crippen LogP contribution in [0.1, 0.15) is 12.8 Å². The lowest BCUT2D eigenvalue weighted by Crippen LogP contribution is -2.10. The van der Waals surface area contributed by atoms with Crippen LogP contribution in [0.5, 0.6) is 0 Å². The van der Waals surface area contributed by atoms with Crippen LogP contribution in [0.3, 0.4) is 0 Å². The van der Waals surface area contributed by atoms with E-state index >= 15 is 0 Å². The molecule has 0 heterocycles. The SMILES string of the molecule is NC1=CC[C@H](C(=O)O)C1. The predicted octanol–water partition coefficient (Wildman–Crippen LogP) is 0.324. The van der Waals surface area contributed by atoms with Crippen molar-refractivity contribution in [3.05, 3.63) is 11.8 Å². The van der Waals surface area contributed by atoms with Gasteiger partial charge < -0.3 is 10.8 Å². The minimum absolute atomic E-state index is 0.259. The smallest absolute Gasteiger partial charge is 0.307 e. The van der Waals surface area contributed by atoms with Gasteiger partial charge in [-0.3, -0.25) is 4.79 Å². The largest absolute Gasteiger partial charge is 0.481 e. The molecule has 0 saturated heterocycles. The van der Waals surface area contributed by atoms with E-state index in [1.807, 2.05) is 0 Å². The Labute approximate surface area is 53.2 Å². The van der Waals surface area contributed by atoms with Crippen LogP contribution in [0.25, 0.3) is 0 Å².